The van der Waals surface area contributed by atoms with E-state index in [0.717, 1.165) is 24.7 Å². The molecule has 104 valence electrons. The summed E-state index contributed by atoms with van der Waals surface area (Å²) >= 11 is 6.14. The van der Waals surface area contributed by atoms with Crippen molar-refractivity contribution in [2.75, 3.05) is 24.5 Å². The Hall–Kier alpha value is -0.730. The summed E-state index contributed by atoms with van der Waals surface area (Å²) in [6.07, 6.45) is 8.01. The highest BCUT2D eigenvalue weighted by atomic mass is 35.5. The molecule has 1 aromatic carbocycles. The molecule has 1 N–H and O–H groups in total. The van der Waals surface area contributed by atoms with Crippen LogP contribution in [-0.2, 0) is 0 Å². The van der Waals surface area contributed by atoms with Crippen LogP contribution in [0.3, 0.4) is 0 Å². The molecule has 1 saturated carbocycles. The van der Waals surface area contributed by atoms with Gasteiger partial charge >= 0.3 is 0 Å². The summed E-state index contributed by atoms with van der Waals surface area (Å²) in [7, 11) is 0. The number of nitrogens with zero attached hydrogens (tertiary/aromatic N) is 1. The van der Waals surface area contributed by atoms with Gasteiger partial charge in [-0.25, -0.2) is 0 Å². The second-order valence-corrected chi connectivity index (χ2v) is 6.46. The lowest BCUT2D eigenvalue weighted by atomic mass is 9.81. The van der Waals surface area contributed by atoms with Crippen LogP contribution in [0.25, 0.3) is 0 Å². The van der Waals surface area contributed by atoms with E-state index in [0.29, 0.717) is 5.54 Å². The number of benzene rings is 1. The maximum Gasteiger partial charge on any atom is 0.0426 e. The summed E-state index contributed by atoms with van der Waals surface area (Å²) in [5, 5.41) is 4.68. The molecule has 19 heavy (non-hydrogen) atoms. The summed E-state index contributed by atoms with van der Waals surface area (Å²) in [6, 6.07) is 8.30. The fourth-order valence-electron chi connectivity index (χ4n) is 3.58. The summed E-state index contributed by atoms with van der Waals surface area (Å²) in [5.41, 5.74) is 1.62. The molecule has 1 spiro atoms. The molecular weight excluding hydrogens is 256 g/mol. The first-order valence-electron chi connectivity index (χ1n) is 7.53. The van der Waals surface area contributed by atoms with Crippen LogP contribution in [0, 0.1) is 0 Å². The van der Waals surface area contributed by atoms with Crippen LogP contribution in [0.2, 0.25) is 5.02 Å². The van der Waals surface area contributed by atoms with Crippen LogP contribution in [-0.4, -0.2) is 25.2 Å². The van der Waals surface area contributed by atoms with Crippen LogP contribution in [0.4, 0.5) is 5.69 Å². The third kappa shape index (κ3) is 3.06. The van der Waals surface area contributed by atoms with Gasteiger partial charge in [0.1, 0.15) is 0 Å². The minimum atomic E-state index is 0.344. The van der Waals surface area contributed by atoms with E-state index in [2.05, 4.69) is 28.4 Å². The van der Waals surface area contributed by atoms with Gasteiger partial charge in [-0.05, 0) is 44.0 Å². The molecule has 1 aromatic rings. The predicted molar refractivity (Wildman–Crippen MR) is 82.1 cm³/mol. The number of anilines is 1. The van der Waals surface area contributed by atoms with E-state index in [1.807, 2.05) is 6.07 Å². The molecule has 0 bridgehead atoms. The number of nitrogens with one attached hydrogen (secondary N) is 1. The lowest BCUT2D eigenvalue weighted by Crippen LogP contribution is -2.52. The van der Waals surface area contributed by atoms with Crippen molar-refractivity contribution in [3.05, 3.63) is 29.3 Å². The average Bonchev–Trinajstić information content (AvgIpc) is 2.63. The van der Waals surface area contributed by atoms with Crippen molar-refractivity contribution in [3.63, 3.8) is 0 Å². The second kappa shape index (κ2) is 5.72. The number of halogens is 1. The van der Waals surface area contributed by atoms with Crippen molar-refractivity contribution in [1.29, 1.82) is 0 Å². The fraction of sp³-hybridized carbons (Fsp3) is 0.625. The molecule has 1 aliphatic heterocycles. The van der Waals surface area contributed by atoms with Gasteiger partial charge in [0, 0.05) is 29.3 Å². The van der Waals surface area contributed by atoms with E-state index in [-0.39, 0.29) is 0 Å². The van der Waals surface area contributed by atoms with E-state index in [1.54, 1.807) is 0 Å². The summed E-state index contributed by atoms with van der Waals surface area (Å²) < 4.78 is 0. The fourth-order valence-corrected chi connectivity index (χ4v) is 3.76. The summed E-state index contributed by atoms with van der Waals surface area (Å²) in [6.45, 7) is 3.42. The zero-order valence-electron chi connectivity index (χ0n) is 11.5. The zero-order chi connectivity index (χ0) is 13.1. The van der Waals surface area contributed by atoms with Gasteiger partial charge in [-0.3, -0.25) is 0 Å². The van der Waals surface area contributed by atoms with Crippen molar-refractivity contribution in [2.45, 2.75) is 44.1 Å². The van der Waals surface area contributed by atoms with E-state index in [1.165, 1.54) is 44.2 Å². The second-order valence-electron chi connectivity index (χ2n) is 6.02. The van der Waals surface area contributed by atoms with Crippen LogP contribution >= 0.6 is 11.6 Å². The first-order valence-corrected chi connectivity index (χ1v) is 7.91. The van der Waals surface area contributed by atoms with Gasteiger partial charge in [-0.2, -0.15) is 0 Å². The van der Waals surface area contributed by atoms with Gasteiger partial charge in [-0.15, -0.1) is 0 Å². The summed E-state index contributed by atoms with van der Waals surface area (Å²) in [5.74, 6) is 0. The van der Waals surface area contributed by atoms with Gasteiger partial charge in [-0.1, -0.05) is 36.9 Å². The monoisotopic (exact) mass is 278 g/mol. The standard InChI is InChI=1S/C16H23ClN2/c17-14-6-4-7-15(12-14)19-11-5-10-18-16(13-19)8-2-1-3-9-16/h4,6-7,12,18H,1-3,5,8-11,13H2. The van der Waals surface area contributed by atoms with E-state index >= 15 is 0 Å². The number of rotatable bonds is 1. The van der Waals surface area contributed by atoms with Crippen LogP contribution in [0.5, 0.6) is 0 Å². The molecule has 0 atom stereocenters. The molecule has 2 aliphatic rings. The highest BCUT2D eigenvalue weighted by Crippen LogP contribution is 2.32. The third-order valence-corrected chi connectivity index (χ3v) is 4.82. The first-order chi connectivity index (χ1) is 9.27. The average molecular weight is 279 g/mol. The van der Waals surface area contributed by atoms with Crippen LogP contribution < -0.4 is 10.2 Å². The smallest absolute Gasteiger partial charge is 0.0426 e. The van der Waals surface area contributed by atoms with Crippen molar-refractivity contribution in [2.24, 2.45) is 0 Å². The largest absolute Gasteiger partial charge is 0.370 e. The van der Waals surface area contributed by atoms with E-state index < -0.39 is 0 Å². The molecule has 2 fully saturated rings. The number of hydrogen-bond donors (Lipinski definition) is 1. The number of hydrogen-bond acceptors (Lipinski definition) is 2. The maximum atomic E-state index is 6.14. The first kappa shape index (κ1) is 13.3. The molecule has 3 rings (SSSR count). The Morgan fingerprint density at radius 3 is 2.74 bits per heavy atom. The molecule has 0 amide bonds. The van der Waals surface area contributed by atoms with Gasteiger partial charge in [0.2, 0.25) is 0 Å². The molecule has 1 aliphatic carbocycles. The quantitative estimate of drug-likeness (QED) is 0.840. The van der Waals surface area contributed by atoms with Crippen molar-refractivity contribution in [1.82, 2.24) is 5.32 Å². The third-order valence-electron chi connectivity index (χ3n) is 4.58. The minimum absolute atomic E-state index is 0.344. The lowest BCUT2D eigenvalue weighted by Gasteiger charge is -2.40. The highest BCUT2D eigenvalue weighted by molar-refractivity contribution is 6.30. The molecule has 2 nitrogen and oxygen atoms in total. The van der Waals surface area contributed by atoms with E-state index in [4.69, 9.17) is 11.6 Å². The Balaban J connectivity index is 1.81. The van der Waals surface area contributed by atoms with Gasteiger partial charge in [0.15, 0.2) is 0 Å². The van der Waals surface area contributed by atoms with Crippen LogP contribution in [0.1, 0.15) is 38.5 Å². The topological polar surface area (TPSA) is 15.3 Å². The van der Waals surface area contributed by atoms with E-state index in [9.17, 15) is 0 Å². The van der Waals surface area contributed by atoms with Crippen molar-refractivity contribution >= 4 is 17.3 Å². The highest BCUT2D eigenvalue weighted by Gasteiger charge is 2.34. The Kier molecular flexibility index (Phi) is 3.99. The lowest BCUT2D eigenvalue weighted by molar-refractivity contribution is 0.246. The van der Waals surface area contributed by atoms with Gasteiger partial charge < -0.3 is 10.2 Å². The normalized spacial score (nSPS) is 23.3. The van der Waals surface area contributed by atoms with Crippen molar-refractivity contribution < 1.29 is 0 Å². The Labute approximate surface area is 121 Å². The predicted octanol–water partition coefficient (Wildman–Crippen LogP) is 3.84. The Morgan fingerprint density at radius 1 is 1.11 bits per heavy atom. The molecule has 0 aromatic heterocycles. The van der Waals surface area contributed by atoms with Gasteiger partial charge in [0.25, 0.3) is 0 Å². The van der Waals surface area contributed by atoms with Gasteiger partial charge in [0.05, 0.1) is 0 Å². The Morgan fingerprint density at radius 2 is 1.95 bits per heavy atom. The molecule has 1 saturated heterocycles. The molecular formula is C16H23ClN2. The SMILES string of the molecule is Clc1cccc(N2CCCNC3(CCCCC3)C2)c1. The molecule has 1 heterocycles. The molecule has 0 radical (unpaired) electrons. The molecule has 0 unspecified atom stereocenters. The summed E-state index contributed by atoms with van der Waals surface area (Å²) in [4.78, 5) is 2.52. The minimum Gasteiger partial charge on any atom is -0.370 e. The maximum absolute atomic E-state index is 6.14. The van der Waals surface area contributed by atoms with Crippen LogP contribution in [0.15, 0.2) is 24.3 Å². The zero-order valence-corrected chi connectivity index (χ0v) is 12.3. The molecule has 3 heteroatoms. The Bertz CT molecular complexity index is 427. The van der Waals surface area contributed by atoms with Crippen molar-refractivity contribution in [3.8, 4) is 0 Å².